The summed E-state index contributed by atoms with van der Waals surface area (Å²) in [7, 11) is 0. The van der Waals surface area contributed by atoms with Crippen LogP contribution in [0.2, 0.25) is 0 Å². The molecule has 0 aliphatic carbocycles. The first-order valence-corrected chi connectivity index (χ1v) is 10.9. The number of hydrogen-bond acceptors (Lipinski definition) is 8. The van der Waals surface area contributed by atoms with Gasteiger partial charge in [-0.05, 0) is 0 Å². The summed E-state index contributed by atoms with van der Waals surface area (Å²) >= 11 is -12.3. The van der Waals surface area contributed by atoms with Crippen LogP contribution in [-0.2, 0) is 47.1 Å². The van der Waals surface area contributed by atoms with Crippen molar-refractivity contribution in [3.8, 4) is 0 Å². The zero-order valence-electron chi connectivity index (χ0n) is 5.50. The summed E-state index contributed by atoms with van der Waals surface area (Å²) in [5, 5.41) is 0. The van der Waals surface area contributed by atoms with Crippen molar-refractivity contribution in [3.05, 3.63) is 0 Å². The second-order valence-electron chi connectivity index (χ2n) is 0.816. The van der Waals surface area contributed by atoms with Crippen molar-refractivity contribution < 1.29 is 62.1 Å². The van der Waals surface area contributed by atoms with Crippen LogP contribution in [0.1, 0.15) is 0 Å². The van der Waals surface area contributed by atoms with Gasteiger partial charge in [0.25, 0.3) is 0 Å². The summed E-state index contributed by atoms with van der Waals surface area (Å²) < 4.78 is 69.2. The fourth-order valence-corrected chi connectivity index (χ4v) is 0. The zero-order chi connectivity index (χ0) is 9.00. The van der Waals surface area contributed by atoms with Gasteiger partial charge >= 0.3 is 149 Å². The van der Waals surface area contributed by atoms with Gasteiger partial charge in [-0.1, -0.05) is 0 Å². The van der Waals surface area contributed by atoms with Crippen molar-refractivity contribution in [3.63, 3.8) is 0 Å². The Hall–Kier alpha value is 3.25. The van der Waals surface area contributed by atoms with Crippen molar-refractivity contribution in [1.82, 2.24) is 0 Å². The number of rotatable bonds is 0. The molecule has 0 rings (SSSR count). The first-order chi connectivity index (χ1) is 4.00. The molecule has 8 nitrogen and oxygen atoms in total. The van der Waals surface area contributed by atoms with E-state index in [-0.39, 0.29) is 86.6 Å². The standard InChI is InChI=1S/Ba.Ca.8O.2W/q2*+2;;;;;4*-1;;. The van der Waals surface area contributed by atoms with Crippen molar-refractivity contribution in [1.29, 1.82) is 0 Å². The molecule has 0 aromatic carbocycles. The van der Waals surface area contributed by atoms with E-state index >= 15 is 0 Å². The van der Waals surface area contributed by atoms with Crippen LogP contribution in [0.4, 0.5) is 0 Å². The van der Waals surface area contributed by atoms with Crippen LogP contribution in [0, 0.1) is 0 Å². The van der Waals surface area contributed by atoms with Gasteiger partial charge in [0, 0.05) is 0 Å². The minimum atomic E-state index is -6.17. The molecule has 64 valence electrons. The topological polar surface area (TPSA) is 161 Å². The molecule has 0 aliphatic heterocycles. The van der Waals surface area contributed by atoms with E-state index in [1.807, 2.05) is 0 Å². The molecule has 0 saturated carbocycles. The van der Waals surface area contributed by atoms with E-state index in [4.69, 9.17) is 28.6 Å². The molecule has 0 fully saturated rings. The minimum absolute atomic E-state index is 0. The maximum atomic E-state index is 8.65. The van der Waals surface area contributed by atoms with Gasteiger partial charge in [-0.15, -0.1) is 0 Å². The normalized spacial score (nSPS) is 9.67. The molecular formula is BaCaO8W2. The number of hydrogen-bond donors (Lipinski definition) is 0. The van der Waals surface area contributed by atoms with Gasteiger partial charge in [-0.25, -0.2) is 0 Å². The monoisotopic (exact) mass is 674 g/mol. The molecule has 0 saturated heterocycles. The van der Waals surface area contributed by atoms with E-state index in [9.17, 15) is 0 Å². The van der Waals surface area contributed by atoms with Crippen LogP contribution in [0.5, 0.6) is 0 Å². The van der Waals surface area contributed by atoms with Crippen molar-refractivity contribution in [2.45, 2.75) is 0 Å². The van der Waals surface area contributed by atoms with E-state index in [0.717, 1.165) is 0 Å². The Morgan fingerprint density at radius 1 is 0.667 bits per heavy atom. The Bertz CT molecular complexity index is 213. The van der Waals surface area contributed by atoms with Gasteiger partial charge in [0.2, 0.25) is 0 Å². The second-order valence-corrected chi connectivity index (χ2v) is 6.68. The SMILES string of the molecule is [Ba+2].[Ca+2].[O]=[W](=[O])([O-])[O-].[O]=[W](=[O])([O-])[O-]. The summed E-state index contributed by atoms with van der Waals surface area (Å²) in [6.45, 7) is 0. The average Bonchev–Trinajstić information content (AvgIpc) is 1.12. The van der Waals surface area contributed by atoms with Crippen LogP contribution < -0.4 is 15.0 Å². The summed E-state index contributed by atoms with van der Waals surface area (Å²) in [6, 6.07) is 0. The molecule has 12 heteroatoms. The molecule has 0 spiro atoms. The Morgan fingerprint density at radius 2 is 0.667 bits per heavy atom. The van der Waals surface area contributed by atoms with Gasteiger partial charge < -0.3 is 0 Å². The van der Waals surface area contributed by atoms with E-state index in [1.165, 1.54) is 0 Å². The summed E-state index contributed by atoms with van der Waals surface area (Å²) in [6.07, 6.45) is 0. The van der Waals surface area contributed by atoms with Gasteiger partial charge in [0.05, 0.1) is 0 Å². The molecule has 0 N–H and O–H groups in total. The van der Waals surface area contributed by atoms with Crippen molar-refractivity contribution in [2.75, 3.05) is 0 Å². The second kappa shape index (κ2) is 10.8. The summed E-state index contributed by atoms with van der Waals surface area (Å²) in [5.41, 5.74) is 0. The van der Waals surface area contributed by atoms with Gasteiger partial charge in [-0.3, -0.25) is 0 Å². The fourth-order valence-electron chi connectivity index (χ4n) is 0. The van der Waals surface area contributed by atoms with E-state index in [2.05, 4.69) is 0 Å². The van der Waals surface area contributed by atoms with Crippen LogP contribution in [0.3, 0.4) is 0 Å². The third kappa shape index (κ3) is 188. The Balaban J connectivity index is -0.0000000457. The van der Waals surface area contributed by atoms with E-state index in [0.29, 0.717) is 0 Å². The van der Waals surface area contributed by atoms with Gasteiger partial charge in [0.1, 0.15) is 0 Å². The molecule has 0 aliphatic rings. The maximum absolute atomic E-state index is 8.65. The molecule has 0 bridgehead atoms. The average molecular weight is 673 g/mol. The van der Waals surface area contributed by atoms with Crippen LogP contribution in [0.15, 0.2) is 0 Å². The first-order valence-electron chi connectivity index (χ1n) is 1.33. The van der Waals surface area contributed by atoms with Crippen molar-refractivity contribution in [2.24, 2.45) is 0 Å². The third-order valence-electron chi connectivity index (χ3n) is 0. The molecule has 0 aromatic rings. The van der Waals surface area contributed by atoms with Gasteiger partial charge in [0.15, 0.2) is 0 Å². The fraction of sp³-hybridized carbons (Fsp3) is 0. The zero-order valence-corrected chi connectivity index (χ0v) is 18.0. The molecule has 0 heterocycles. The van der Waals surface area contributed by atoms with Crippen LogP contribution >= 0.6 is 0 Å². The van der Waals surface area contributed by atoms with Gasteiger partial charge in [-0.2, -0.15) is 0 Å². The quantitative estimate of drug-likeness (QED) is 0.230. The van der Waals surface area contributed by atoms with Crippen LogP contribution in [-0.4, -0.2) is 86.6 Å². The molecule has 0 atom stereocenters. The Kier molecular flexibility index (Phi) is 21.9. The van der Waals surface area contributed by atoms with E-state index < -0.39 is 33.5 Å². The molecular weight excluding hydrogens is 673 g/mol. The first kappa shape index (κ1) is 24.5. The Labute approximate surface area is 145 Å². The third-order valence-corrected chi connectivity index (χ3v) is 0. The molecule has 0 aromatic heterocycles. The molecule has 0 unspecified atom stereocenters. The molecule has 0 amide bonds. The Morgan fingerprint density at radius 3 is 0.667 bits per heavy atom. The van der Waals surface area contributed by atoms with E-state index in [1.54, 1.807) is 0 Å². The summed E-state index contributed by atoms with van der Waals surface area (Å²) in [5.74, 6) is 0. The summed E-state index contributed by atoms with van der Waals surface area (Å²) in [4.78, 5) is 0. The van der Waals surface area contributed by atoms with Crippen molar-refractivity contribution >= 4 is 86.6 Å². The van der Waals surface area contributed by atoms with Crippen LogP contribution in [0.25, 0.3) is 0 Å². The molecule has 12 heavy (non-hydrogen) atoms. The molecule has 0 radical (unpaired) electrons. The predicted octanol–water partition coefficient (Wildman–Crippen LogP) is -6.00. The predicted molar refractivity (Wildman–Crippen MR) is 14.3 cm³/mol.